The summed E-state index contributed by atoms with van der Waals surface area (Å²) in [7, 11) is 2.13. The molecule has 0 spiro atoms. The zero-order chi connectivity index (χ0) is 18.4. The van der Waals surface area contributed by atoms with E-state index in [4.69, 9.17) is 0 Å². The number of pyridine rings is 1. The number of anilines is 1. The second kappa shape index (κ2) is 8.91. The molecule has 0 bridgehead atoms. The SMILES string of the molecule is CN1CCN(c2ccc(CNC(=O)CCC(=O)c3cccs3)cn2)CC1. The van der Waals surface area contributed by atoms with E-state index in [1.54, 1.807) is 6.07 Å². The predicted octanol–water partition coefficient (Wildman–Crippen LogP) is 2.17. The molecule has 0 aromatic carbocycles. The Kier molecular flexibility index (Phi) is 6.35. The Labute approximate surface area is 157 Å². The maximum atomic E-state index is 11.9. The minimum absolute atomic E-state index is 0.0216. The van der Waals surface area contributed by atoms with Crippen molar-refractivity contribution in [3.05, 3.63) is 46.3 Å². The van der Waals surface area contributed by atoms with Gasteiger partial charge in [-0.15, -0.1) is 11.3 Å². The average Bonchev–Trinajstić information content (AvgIpc) is 3.20. The number of rotatable bonds is 7. The monoisotopic (exact) mass is 372 g/mol. The quantitative estimate of drug-likeness (QED) is 0.755. The Morgan fingerprint density at radius 2 is 1.96 bits per heavy atom. The Morgan fingerprint density at radius 3 is 2.62 bits per heavy atom. The van der Waals surface area contributed by atoms with Gasteiger partial charge in [0.1, 0.15) is 5.82 Å². The number of hydrogen-bond acceptors (Lipinski definition) is 6. The van der Waals surface area contributed by atoms with Gasteiger partial charge in [-0.25, -0.2) is 4.98 Å². The van der Waals surface area contributed by atoms with E-state index in [-0.39, 0.29) is 24.5 Å². The van der Waals surface area contributed by atoms with Crippen LogP contribution in [0.1, 0.15) is 28.1 Å². The third-order valence-corrected chi connectivity index (χ3v) is 5.41. The van der Waals surface area contributed by atoms with Crippen LogP contribution in [0.5, 0.6) is 0 Å². The largest absolute Gasteiger partial charge is 0.354 e. The molecule has 1 saturated heterocycles. The van der Waals surface area contributed by atoms with Crippen LogP contribution in [0.2, 0.25) is 0 Å². The zero-order valence-corrected chi connectivity index (χ0v) is 15.8. The van der Waals surface area contributed by atoms with Gasteiger partial charge in [0.25, 0.3) is 0 Å². The Hall–Kier alpha value is -2.25. The van der Waals surface area contributed by atoms with Crippen LogP contribution < -0.4 is 10.2 Å². The fraction of sp³-hybridized carbons (Fsp3) is 0.421. The Bertz CT molecular complexity index is 723. The fourth-order valence-corrected chi connectivity index (χ4v) is 3.51. The first kappa shape index (κ1) is 18.5. The molecule has 138 valence electrons. The summed E-state index contributed by atoms with van der Waals surface area (Å²) in [6.45, 7) is 4.49. The van der Waals surface area contributed by atoms with Gasteiger partial charge in [-0.1, -0.05) is 12.1 Å². The predicted molar refractivity (Wildman–Crippen MR) is 104 cm³/mol. The molecule has 1 aliphatic heterocycles. The number of likely N-dealkylation sites (N-methyl/N-ethyl adjacent to an activating group) is 1. The van der Waals surface area contributed by atoms with Crippen molar-refractivity contribution in [3.63, 3.8) is 0 Å². The van der Waals surface area contributed by atoms with Gasteiger partial charge < -0.3 is 15.1 Å². The molecular weight excluding hydrogens is 348 g/mol. The van der Waals surface area contributed by atoms with Gasteiger partial charge in [-0.2, -0.15) is 0 Å². The van der Waals surface area contributed by atoms with Gasteiger partial charge in [-0.3, -0.25) is 9.59 Å². The lowest BCUT2D eigenvalue weighted by molar-refractivity contribution is -0.121. The number of thiophene rings is 1. The van der Waals surface area contributed by atoms with Crippen LogP contribution in [-0.4, -0.2) is 54.8 Å². The van der Waals surface area contributed by atoms with Crippen LogP contribution in [0.4, 0.5) is 5.82 Å². The van der Waals surface area contributed by atoms with Gasteiger partial charge in [-0.05, 0) is 30.1 Å². The highest BCUT2D eigenvalue weighted by Gasteiger charge is 2.15. The molecule has 0 atom stereocenters. The van der Waals surface area contributed by atoms with Crippen LogP contribution in [0, 0.1) is 0 Å². The minimum atomic E-state index is -0.113. The molecule has 1 amide bonds. The molecule has 6 nitrogen and oxygen atoms in total. The molecule has 0 radical (unpaired) electrons. The standard InChI is InChI=1S/C19H24N4O2S/c1-22-8-10-23(11-9-22)18-6-4-15(13-20-18)14-21-19(25)7-5-16(24)17-3-2-12-26-17/h2-4,6,12-13H,5,7-11,14H2,1H3,(H,21,25). The van der Waals surface area contributed by atoms with Gasteiger partial charge in [0.15, 0.2) is 5.78 Å². The summed E-state index contributed by atoms with van der Waals surface area (Å²) in [5.74, 6) is 0.890. The number of aromatic nitrogens is 1. The lowest BCUT2D eigenvalue weighted by Crippen LogP contribution is -2.44. The van der Waals surface area contributed by atoms with E-state index in [9.17, 15) is 9.59 Å². The van der Waals surface area contributed by atoms with Crippen molar-refractivity contribution < 1.29 is 9.59 Å². The molecule has 3 heterocycles. The third-order valence-electron chi connectivity index (χ3n) is 4.50. The third kappa shape index (κ3) is 5.12. The summed E-state index contributed by atoms with van der Waals surface area (Å²) >= 11 is 1.41. The maximum Gasteiger partial charge on any atom is 0.220 e. The van der Waals surface area contributed by atoms with Gasteiger partial charge >= 0.3 is 0 Å². The molecule has 2 aromatic rings. The summed E-state index contributed by atoms with van der Waals surface area (Å²) in [5.41, 5.74) is 0.959. The molecule has 0 saturated carbocycles. The number of hydrogen-bond donors (Lipinski definition) is 1. The summed E-state index contributed by atoms with van der Waals surface area (Å²) in [6.07, 6.45) is 2.27. The average molecular weight is 372 g/mol. The first-order chi connectivity index (χ1) is 12.6. The highest BCUT2D eigenvalue weighted by Crippen LogP contribution is 2.14. The molecule has 0 unspecified atom stereocenters. The van der Waals surface area contributed by atoms with Crippen LogP contribution in [0.25, 0.3) is 0 Å². The molecule has 1 aliphatic rings. The summed E-state index contributed by atoms with van der Waals surface area (Å²) in [5, 5.41) is 4.72. The van der Waals surface area contributed by atoms with Crippen molar-refractivity contribution in [2.75, 3.05) is 38.1 Å². The van der Waals surface area contributed by atoms with E-state index in [0.29, 0.717) is 11.4 Å². The molecular formula is C19H24N4O2S. The first-order valence-corrected chi connectivity index (χ1v) is 9.71. The normalized spacial score (nSPS) is 15.0. The van der Waals surface area contributed by atoms with E-state index in [1.165, 1.54) is 11.3 Å². The van der Waals surface area contributed by atoms with Gasteiger partial charge in [0.05, 0.1) is 4.88 Å². The first-order valence-electron chi connectivity index (χ1n) is 8.83. The van der Waals surface area contributed by atoms with E-state index in [2.05, 4.69) is 27.1 Å². The summed E-state index contributed by atoms with van der Waals surface area (Å²) in [6, 6.07) is 7.64. The highest BCUT2D eigenvalue weighted by atomic mass is 32.1. The van der Waals surface area contributed by atoms with Crippen molar-refractivity contribution in [3.8, 4) is 0 Å². The zero-order valence-electron chi connectivity index (χ0n) is 15.0. The van der Waals surface area contributed by atoms with Crippen LogP contribution >= 0.6 is 11.3 Å². The molecule has 7 heteroatoms. The molecule has 3 rings (SSSR count). The minimum Gasteiger partial charge on any atom is -0.354 e. The van der Waals surface area contributed by atoms with Crippen molar-refractivity contribution in [1.29, 1.82) is 0 Å². The summed E-state index contributed by atoms with van der Waals surface area (Å²) < 4.78 is 0. The van der Waals surface area contributed by atoms with E-state index in [0.717, 1.165) is 37.6 Å². The number of carbonyl (C=O) groups is 2. The van der Waals surface area contributed by atoms with Crippen molar-refractivity contribution in [1.82, 2.24) is 15.2 Å². The van der Waals surface area contributed by atoms with E-state index >= 15 is 0 Å². The number of nitrogens with one attached hydrogen (secondary N) is 1. The maximum absolute atomic E-state index is 11.9. The number of carbonyl (C=O) groups excluding carboxylic acids is 2. The number of ketones is 1. The lowest BCUT2D eigenvalue weighted by Gasteiger charge is -2.33. The van der Waals surface area contributed by atoms with Gasteiger partial charge in [0, 0.05) is 51.8 Å². The second-order valence-corrected chi connectivity index (χ2v) is 7.44. The van der Waals surface area contributed by atoms with Crippen molar-refractivity contribution in [2.24, 2.45) is 0 Å². The van der Waals surface area contributed by atoms with Crippen molar-refractivity contribution >= 4 is 28.8 Å². The topological polar surface area (TPSA) is 65.5 Å². The Balaban J connectivity index is 1.41. The number of amides is 1. The molecule has 2 aromatic heterocycles. The summed E-state index contributed by atoms with van der Waals surface area (Å²) in [4.78, 5) is 33.7. The number of nitrogens with zero attached hydrogens (tertiary/aromatic N) is 3. The second-order valence-electron chi connectivity index (χ2n) is 6.49. The molecule has 0 aliphatic carbocycles. The van der Waals surface area contributed by atoms with E-state index in [1.807, 2.05) is 29.8 Å². The van der Waals surface area contributed by atoms with Crippen LogP contribution in [0.3, 0.4) is 0 Å². The van der Waals surface area contributed by atoms with E-state index < -0.39 is 0 Å². The number of piperazine rings is 1. The Morgan fingerprint density at radius 1 is 1.15 bits per heavy atom. The van der Waals surface area contributed by atoms with Gasteiger partial charge in [0.2, 0.25) is 5.91 Å². The molecule has 26 heavy (non-hydrogen) atoms. The highest BCUT2D eigenvalue weighted by molar-refractivity contribution is 7.12. The fourth-order valence-electron chi connectivity index (χ4n) is 2.82. The smallest absolute Gasteiger partial charge is 0.220 e. The number of Topliss-reactive ketones (excluding diaryl/α,β-unsaturated/α-hetero) is 1. The molecule has 1 fully saturated rings. The van der Waals surface area contributed by atoms with Crippen LogP contribution in [-0.2, 0) is 11.3 Å². The van der Waals surface area contributed by atoms with Crippen molar-refractivity contribution in [2.45, 2.75) is 19.4 Å². The molecule has 1 N–H and O–H groups in total. The van der Waals surface area contributed by atoms with Crippen LogP contribution in [0.15, 0.2) is 35.8 Å². The lowest BCUT2D eigenvalue weighted by atomic mass is 10.2.